The molecule has 0 unspecified atom stereocenters. The number of allylic oxidation sites excluding steroid dienone is 2. The van der Waals surface area contributed by atoms with E-state index in [0.717, 1.165) is 47.7 Å². The molecule has 2 N–H and O–H groups in total. The molecular formula is C29H36FN2O5S2+. The number of hydrogen-bond acceptors (Lipinski definition) is 8. The second kappa shape index (κ2) is 14.8. The van der Waals surface area contributed by atoms with E-state index in [1.165, 1.54) is 0 Å². The van der Waals surface area contributed by atoms with Gasteiger partial charge < -0.3 is 29.3 Å². The molecule has 0 saturated heterocycles. The lowest BCUT2D eigenvalue weighted by atomic mass is 10.2. The van der Waals surface area contributed by atoms with E-state index in [-0.39, 0.29) is 13.2 Å². The summed E-state index contributed by atoms with van der Waals surface area (Å²) in [5.41, 5.74) is 4.25. The van der Waals surface area contributed by atoms with Crippen LogP contribution in [0.1, 0.15) is 17.5 Å². The number of aliphatic hydroxyl groups excluding tert-OH is 2. The Morgan fingerprint density at radius 1 is 1.03 bits per heavy atom. The third-order valence-corrected chi connectivity index (χ3v) is 8.25. The predicted octanol–water partition coefficient (Wildman–Crippen LogP) is 4.72. The molecule has 7 nitrogen and oxygen atoms in total. The van der Waals surface area contributed by atoms with Crippen LogP contribution in [-0.2, 0) is 16.0 Å². The number of aliphatic hydroxyl groups is 2. The van der Waals surface area contributed by atoms with Gasteiger partial charge in [-0.25, -0.2) is 4.39 Å². The van der Waals surface area contributed by atoms with Crippen molar-refractivity contribution in [1.82, 2.24) is 0 Å². The Kier molecular flexibility index (Phi) is 11.2. The highest BCUT2D eigenvalue weighted by Gasteiger charge is 2.25. The molecule has 0 bridgehead atoms. The molecule has 39 heavy (non-hydrogen) atoms. The number of hydrogen-bond donors (Lipinski definition) is 2. The zero-order chi connectivity index (χ0) is 27.6. The topological polar surface area (TPSA) is 75.3 Å². The molecule has 4 rings (SSSR count). The number of alkyl halides is 1. The Morgan fingerprint density at radius 2 is 1.82 bits per heavy atom. The van der Waals surface area contributed by atoms with Crippen LogP contribution in [0.4, 0.5) is 10.1 Å². The summed E-state index contributed by atoms with van der Waals surface area (Å²) in [7, 11) is 0. The van der Waals surface area contributed by atoms with Gasteiger partial charge in [-0.3, -0.25) is 0 Å². The number of aryl methyl sites for hydroxylation is 1. The van der Waals surface area contributed by atoms with Gasteiger partial charge in [0.1, 0.15) is 30.3 Å². The summed E-state index contributed by atoms with van der Waals surface area (Å²) >= 11 is 3.32. The molecule has 0 amide bonds. The highest BCUT2D eigenvalue weighted by atomic mass is 32.2. The third kappa shape index (κ3) is 7.81. The average Bonchev–Trinajstić information content (AvgIpc) is 3.42. The summed E-state index contributed by atoms with van der Waals surface area (Å²) in [5, 5.41) is 20.5. The molecule has 2 heterocycles. The van der Waals surface area contributed by atoms with E-state index in [9.17, 15) is 9.50 Å². The van der Waals surface area contributed by atoms with Crippen LogP contribution >= 0.6 is 23.1 Å². The number of fused-ring (bicyclic) bond motifs is 2. The molecule has 10 heteroatoms. The normalized spacial score (nSPS) is 14.5. The van der Waals surface area contributed by atoms with Crippen LogP contribution in [-0.4, -0.2) is 69.7 Å². The van der Waals surface area contributed by atoms with Crippen molar-refractivity contribution in [3.63, 3.8) is 0 Å². The SMILES string of the molecule is CC(/C=C1\Sc2ccc(C)cc2N1CCF)=C\c1sc2ccc(OCCOCCOCCO)cc2[n+]1CCO. The van der Waals surface area contributed by atoms with E-state index in [4.69, 9.17) is 19.3 Å². The number of thioether (sulfide) groups is 1. The van der Waals surface area contributed by atoms with Gasteiger partial charge in [0, 0.05) is 11.0 Å². The molecule has 2 aromatic carbocycles. The number of ether oxygens (including phenoxy) is 3. The fourth-order valence-electron chi connectivity index (χ4n) is 4.28. The third-order valence-electron chi connectivity index (χ3n) is 6.03. The largest absolute Gasteiger partial charge is 0.491 e. The molecule has 0 spiro atoms. The Labute approximate surface area is 237 Å². The first-order chi connectivity index (χ1) is 19.0. The highest BCUT2D eigenvalue weighted by Crippen LogP contribution is 2.46. The lowest BCUT2D eigenvalue weighted by Crippen LogP contribution is -2.36. The zero-order valence-corrected chi connectivity index (χ0v) is 24.0. The Balaban J connectivity index is 1.49. The van der Waals surface area contributed by atoms with Crippen molar-refractivity contribution in [3.8, 4) is 5.75 Å². The van der Waals surface area contributed by atoms with Gasteiger partial charge in [-0.15, -0.1) is 0 Å². The minimum Gasteiger partial charge on any atom is -0.491 e. The molecule has 0 fully saturated rings. The van der Waals surface area contributed by atoms with Crippen molar-refractivity contribution < 1.29 is 33.4 Å². The maximum atomic E-state index is 13.4. The van der Waals surface area contributed by atoms with Gasteiger partial charge in [0.15, 0.2) is 6.54 Å². The fraction of sp³-hybridized carbons (Fsp3) is 0.414. The second-order valence-electron chi connectivity index (χ2n) is 9.03. The maximum Gasteiger partial charge on any atom is 0.263 e. The van der Waals surface area contributed by atoms with E-state index < -0.39 is 6.67 Å². The first kappa shape index (κ1) is 29.5. The van der Waals surface area contributed by atoms with E-state index in [2.05, 4.69) is 41.8 Å². The van der Waals surface area contributed by atoms with Gasteiger partial charge in [-0.05, 0) is 55.3 Å². The molecule has 0 atom stereocenters. The summed E-state index contributed by atoms with van der Waals surface area (Å²) in [6.07, 6.45) is 4.22. The highest BCUT2D eigenvalue weighted by molar-refractivity contribution is 8.03. The number of rotatable bonds is 15. The van der Waals surface area contributed by atoms with Crippen molar-refractivity contribution in [2.24, 2.45) is 0 Å². The van der Waals surface area contributed by atoms with Crippen molar-refractivity contribution in [1.29, 1.82) is 0 Å². The molecule has 0 saturated carbocycles. The molecule has 1 aliphatic heterocycles. The van der Waals surface area contributed by atoms with Crippen LogP contribution in [0.25, 0.3) is 16.3 Å². The lowest BCUT2D eigenvalue weighted by molar-refractivity contribution is -0.670. The number of nitrogens with zero attached hydrogens (tertiary/aromatic N) is 2. The van der Waals surface area contributed by atoms with Gasteiger partial charge in [-0.2, -0.15) is 4.57 Å². The van der Waals surface area contributed by atoms with Gasteiger partial charge in [-0.1, -0.05) is 29.2 Å². The zero-order valence-electron chi connectivity index (χ0n) is 22.4. The van der Waals surface area contributed by atoms with Gasteiger partial charge in [0.2, 0.25) is 5.52 Å². The number of anilines is 1. The molecule has 1 aliphatic rings. The monoisotopic (exact) mass is 575 g/mol. The smallest absolute Gasteiger partial charge is 0.263 e. The van der Waals surface area contributed by atoms with E-state index in [1.807, 2.05) is 30.0 Å². The molecule has 3 aromatic rings. The van der Waals surface area contributed by atoms with Crippen LogP contribution in [0.2, 0.25) is 0 Å². The fourth-order valence-corrected chi connectivity index (χ4v) is 6.64. The van der Waals surface area contributed by atoms with Crippen molar-refractivity contribution in [2.45, 2.75) is 25.3 Å². The summed E-state index contributed by atoms with van der Waals surface area (Å²) < 4.78 is 33.2. The van der Waals surface area contributed by atoms with Crippen LogP contribution in [0.5, 0.6) is 5.75 Å². The number of benzene rings is 2. The quantitative estimate of drug-likeness (QED) is 0.201. The Morgan fingerprint density at radius 3 is 2.59 bits per heavy atom. The summed E-state index contributed by atoms with van der Waals surface area (Å²) in [6.45, 7) is 6.53. The van der Waals surface area contributed by atoms with E-state index in [1.54, 1.807) is 23.1 Å². The van der Waals surface area contributed by atoms with Crippen molar-refractivity contribution >= 4 is 45.1 Å². The van der Waals surface area contributed by atoms with Crippen LogP contribution in [0, 0.1) is 6.92 Å². The van der Waals surface area contributed by atoms with E-state index >= 15 is 0 Å². The lowest BCUT2D eigenvalue weighted by Gasteiger charge is -2.19. The first-order valence-electron chi connectivity index (χ1n) is 13.0. The summed E-state index contributed by atoms with van der Waals surface area (Å²) in [6, 6.07) is 12.3. The molecule has 210 valence electrons. The summed E-state index contributed by atoms with van der Waals surface area (Å²) in [5.74, 6) is 0.735. The molecule has 0 aliphatic carbocycles. The van der Waals surface area contributed by atoms with E-state index in [0.29, 0.717) is 46.1 Å². The molecular weight excluding hydrogens is 539 g/mol. The second-order valence-corrected chi connectivity index (χ2v) is 11.2. The minimum absolute atomic E-state index is 0.00589. The van der Waals surface area contributed by atoms with Crippen LogP contribution in [0.3, 0.4) is 0 Å². The number of halogens is 1. The molecule has 0 radical (unpaired) electrons. The maximum absolute atomic E-state index is 13.4. The van der Waals surface area contributed by atoms with Crippen molar-refractivity contribution in [3.05, 3.63) is 63.6 Å². The summed E-state index contributed by atoms with van der Waals surface area (Å²) in [4.78, 5) is 3.19. The van der Waals surface area contributed by atoms with Gasteiger partial charge in [0.25, 0.3) is 5.01 Å². The van der Waals surface area contributed by atoms with Crippen molar-refractivity contribution in [2.75, 3.05) is 64.4 Å². The Hall–Kier alpha value is -2.47. The first-order valence-corrected chi connectivity index (χ1v) is 14.7. The van der Waals surface area contributed by atoms with Crippen LogP contribution < -0.4 is 14.2 Å². The minimum atomic E-state index is -0.420. The molecule has 1 aromatic heterocycles. The van der Waals surface area contributed by atoms with Gasteiger partial charge in [0.05, 0.1) is 56.4 Å². The number of aromatic nitrogens is 1. The average molecular weight is 576 g/mol. The van der Waals surface area contributed by atoms with Gasteiger partial charge >= 0.3 is 0 Å². The Bertz CT molecular complexity index is 1310. The number of thiazole rings is 1. The predicted molar refractivity (Wildman–Crippen MR) is 155 cm³/mol. The van der Waals surface area contributed by atoms with Crippen LogP contribution in [0.15, 0.2) is 58.0 Å². The standard InChI is InChI=1S/C29H36FN2O5S2/c1-21-3-5-26-24(17-21)31(8-7-30)28(38-26)18-22(2)19-29-32(9-10-33)25-20-23(4-6-27(25)39-29)37-16-15-36-14-13-35-12-11-34/h3-6,17-20,33-34H,7-16H2,1-2H3/q+1.